The summed E-state index contributed by atoms with van der Waals surface area (Å²) in [6.45, 7) is 52.1. The lowest BCUT2D eigenvalue weighted by atomic mass is 9.75. The fourth-order valence-electron chi connectivity index (χ4n) is 14.3. The Bertz CT molecular complexity index is 3990. The van der Waals surface area contributed by atoms with Gasteiger partial charge in [0.25, 0.3) is 0 Å². The molecule has 0 radical (unpaired) electrons. The number of aryl methyl sites for hydroxylation is 4. The molecule has 0 heterocycles. The lowest BCUT2D eigenvalue weighted by molar-refractivity contribution is 0.568. The van der Waals surface area contributed by atoms with E-state index >= 15 is 0 Å². The Morgan fingerprint density at radius 3 is 0.646 bits per heavy atom. The van der Waals surface area contributed by atoms with Crippen LogP contribution in [0.5, 0.6) is 0 Å². The molecule has 0 spiro atoms. The second kappa shape index (κ2) is 18.2. The molecule has 10 aromatic carbocycles. The minimum Gasteiger partial charge on any atom is -0.0616 e. The van der Waals surface area contributed by atoms with Gasteiger partial charge in [0, 0.05) is 0 Å². The molecule has 0 atom stereocenters. The summed E-state index contributed by atoms with van der Waals surface area (Å²) < 4.78 is 0. The minimum atomic E-state index is -0.0600. The topological polar surface area (TPSA) is 0 Å². The van der Waals surface area contributed by atoms with Gasteiger partial charge in [0.05, 0.1) is 0 Å². The molecule has 0 amide bonds. The zero-order valence-corrected chi connectivity index (χ0v) is 53.7. The quantitative estimate of drug-likeness (QED) is 0.165. The predicted octanol–water partition coefficient (Wildman–Crippen LogP) is 24.1. The Hall–Kier alpha value is -7.02. The highest BCUT2D eigenvalue weighted by Gasteiger charge is 2.39. The first-order valence-electron chi connectivity index (χ1n) is 30.5. The highest BCUT2D eigenvalue weighted by atomic mass is 14.4. The van der Waals surface area contributed by atoms with Gasteiger partial charge in [0.2, 0.25) is 0 Å². The van der Waals surface area contributed by atoms with Gasteiger partial charge in [-0.3, -0.25) is 0 Å². The Labute approximate surface area is 492 Å². The van der Waals surface area contributed by atoms with Gasteiger partial charge in [-0.1, -0.05) is 258 Å². The standard InChI is InChI=1S/C82H88/c1-45-35-51(77(5,6)7)36-46(2)65(45)71-59-29-25-26-30-60(59)72(66-47(3)37-52(38-48(66)4)78(8,9)10)76-64-34-32-62-69-61(31-33-63(70(64)69)75(71)76)73-67(49-39-53(79(11,12)13)43-54(40-49)80(14,15)16)57-27-23-24-28-58(57)68(74(62)73)50-41-55(81(17,18)19)44-56(42-50)82(20,21)22/h23-44H,1-22H3. The van der Waals surface area contributed by atoms with E-state index in [1.54, 1.807) is 0 Å². The highest BCUT2D eigenvalue weighted by molar-refractivity contribution is 6.35. The third-order valence-corrected chi connectivity index (χ3v) is 18.9. The second-order valence-corrected chi connectivity index (χ2v) is 31.2. The summed E-state index contributed by atoms with van der Waals surface area (Å²) in [7, 11) is 0. The maximum Gasteiger partial charge on any atom is -0.000720 e. The van der Waals surface area contributed by atoms with Crippen molar-refractivity contribution in [2.45, 2.75) is 185 Å². The van der Waals surface area contributed by atoms with Crippen molar-refractivity contribution < 1.29 is 0 Å². The molecule has 0 N–H and O–H groups in total. The van der Waals surface area contributed by atoms with Gasteiger partial charge in [-0.15, -0.1) is 0 Å². The Morgan fingerprint density at radius 1 is 0.207 bits per heavy atom. The van der Waals surface area contributed by atoms with E-state index in [-0.39, 0.29) is 32.5 Å². The molecule has 0 bridgehead atoms. The van der Waals surface area contributed by atoms with E-state index in [1.165, 1.54) is 177 Å². The molecule has 2 aliphatic carbocycles. The molecule has 0 aromatic heterocycles. The minimum absolute atomic E-state index is 0.0162. The zero-order valence-electron chi connectivity index (χ0n) is 53.7. The van der Waals surface area contributed by atoms with Crippen molar-refractivity contribution in [1.82, 2.24) is 0 Å². The predicted molar refractivity (Wildman–Crippen MR) is 361 cm³/mol. The van der Waals surface area contributed by atoms with Gasteiger partial charge in [-0.2, -0.15) is 0 Å². The third-order valence-electron chi connectivity index (χ3n) is 18.9. The lowest BCUT2D eigenvalue weighted by Crippen LogP contribution is -2.17. The average molecular weight is 1070 g/mol. The number of hydrogen-bond acceptors (Lipinski definition) is 0. The molecule has 0 saturated heterocycles. The van der Waals surface area contributed by atoms with Crippen LogP contribution in [-0.2, 0) is 32.5 Å². The lowest BCUT2D eigenvalue weighted by Gasteiger charge is -2.29. The van der Waals surface area contributed by atoms with E-state index in [0.29, 0.717) is 0 Å². The summed E-state index contributed by atoms with van der Waals surface area (Å²) in [6.07, 6.45) is 0. The number of benzene rings is 10. The first-order valence-corrected chi connectivity index (χ1v) is 30.5. The Morgan fingerprint density at radius 2 is 0.415 bits per heavy atom. The maximum atomic E-state index is 2.55. The summed E-state index contributed by atoms with van der Waals surface area (Å²) in [4.78, 5) is 0. The van der Waals surface area contributed by atoms with Crippen LogP contribution in [0.3, 0.4) is 0 Å². The molecule has 0 aliphatic heterocycles. The van der Waals surface area contributed by atoms with Gasteiger partial charge in [-0.25, -0.2) is 0 Å². The van der Waals surface area contributed by atoms with Gasteiger partial charge in [-0.05, 0) is 237 Å². The summed E-state index contributed by atoms with van der Waals surface area (Å²) in [6, 6.07) is 54.0. The number of hydrogen-bond donors (Lipinski definition) is 0. The molecular weight excluding hydrogens is 985 g/mol. The Kier molecular flexibility index (Phi) is 12.3. The van der Waals surface area contributed by atoms with Gasteiger partial charge < -0.3 is 0 Å². The molecule has 0 fully saturated rings. The summed E-state index contributed by atoms with van der Waals surface area (Å²) in [5, 5.41) is 7.97. The van der Waals surface area contributed by atoms with Crippen LogP contribution in [0.15, 0.2) is 133 Å². The maximum absolute atomic E-state index is 2.55. The fourth-order valence-corrected chi connectivity index (χ4v) is 14.3. The largest absolute Gasteiger partial charge is 0.0616 e. The number of rotatable bonds is 4. The normalized spacial score (nSPS) is 13.5. The van der Waals surface area contributed by atoms with E-state index in [4.69, 9.17) is 0 Å². The highest BCUT2D eigenvalue weighted by Crippen LogP contribution is 2.65. The fraction of sp³-hybridized carbons (Fsp3) is 0.341. The Balaban J connectivity index is 1.29. The van der Waals surface area contributed by atoms with Crippen LogP contribution in [0.1, 0.15) is 180 Å². The van der Waals surface area contributed by atoms with Crippen LogP contribution < -0.4 is 0 Å². The number of fused-ring (bicyclic) bond motifs is 8. The first kappa shape index (κ1) is 55.5. The van der Waals surface area contributed by atoms with E-state index in [2.05, 4.69) is 286 Å². The molecule has 82 heavy (non-hydrogen) atoms. The van der Waals surface area contributed by atoms with Gasteiger partial charge >= 0.3 is 0 Å². The van der Waals surface area contributed by atoms with E-state index in [1.807, 2.05) is 0 Å². The summed E-state index contributed by atoms with van der Waals surface area (Å²) >= 11 is 0. The van der Waals surface area contributed by atoms with Crippen LogP contribution in [0.25, 0.3) is 121 Å². The van der Waals surface area contributed by atoms with Crippen molar-refractivity contribution in [3.8, 4) is 89.0 Å². The van der Waals surface area contributed by atoms with Crippen molar-refractivity contribution in [3.63, 3.8) is 0 Å². The molecule has 10 aromatic rings. The first-order chi connectivity index (χ1) is 38.1. The smallest absolute Gasteiger partial charge is 0.000720 e. The monoisotopic (exact) mass is 1070 g/mol. The van der Waals surface area contributed by atoms with Crippen LogP contribution in [0.2, 0.25) is 0 Å². The molecule has 0 saturated carbocycles. The molecule has 12 rings (SSSR count). The average Bonchev–Trinajstić information content (AvgIpc) is 2.16. The van der Waals surface area contributed by atoms with Crippen molar-refractivity contribution >= 4 is 32.3 Å². The van der Waals surface area contributed by atoms with Crippen molar-refractivity contribution in [1.29, 1.82) is 0 Å². The molecule has 0 heteroatoms. The summed E-state index contributed by atoms with van der Waals surface area (Å²) in [5.41, 5.74) is 34.8. The van der Waals surface area contributed by atoms with Crippen LogP contribution in [-0.4, -0.2) is 0 Å². The summed E-state index contributed by atoms with van der Waals surface area (Å²) in [5.74, 6) is 0. The molecule has 2 aliphatic rings. The molecular formula is C82H88. The van der Waals surface area contributed by atoms with Crippen LogP contribution >= 0.6 is 0 Å². The third kappa shape index (κ3) is 8.66. The molecule has 416 valence electrons. The molecule has 0 unspecified atom stereocenters. The SMILES string of the molecule is Cc1cc(C(C)(C)C)cc(C)c1-c1c2c(c(-c3c(C)cc(C(C)(C)C)cc3C)c3ccccc13)-c1ccc3c4c(ccc-2c14)-c1c-3c(-c2cc(C(C)(C)C)cc(C(C)(C)C)c2)c2ccccc2c1-c1cc(C(C)(C)C)cc(C(C)(C)C)c1. The van der Waals surface area contributed by atoms with E-state index < -0.39 is 0 Å². The van der Waals surface area contributed by atoms with Crippen molar-refractivity contribution in [2.75, 3.05) is 0 Å². The van der Waals surface area contributed by atoms with Gasteiger partial charge in [0.1, 0.15) is 0 Å². The van der Waals surface area contributed by atoms with Crippen molar-refractivity contribution in [3.05, 3.63) is 189 Å². The molecule has 0 nitrogen and oxygen atoms in total. The zero-order chi connectivity index (χ0) is 59.0. The van der Waals surface area contributed by atoms with E-state index in [0.717, 1.165) is 0 Å². The van der Waals surface area contributed by atoms with Crippen molar-refractivity contribution in [2.24, 2.45) is 0 Å². The second-order valence-electron chi connectivity index (χ2n) is 31.2. The van der Waals surface area contributed by atoms with Gasteiger partial charge in [0.15, 0.2) is 0 Å². The van der Waals surface area contributed by atoms with E-state index in [9.17, 15) is 0 Å². The van der Waals surface area contributed by atoms with Crippen LogP contribution in [0.4, 0.5) is 0 Å². The van der Waals surface area contributed by atoms with Crippen LogP contribution in [0, 0.1) is 27.7 Å².